The number of aryl methyl sites for hydroxylation is 1. The van der Waals surface area contributed by atoms with Gasteiger partial charge in [0.2, 0.25) is 0 Å². The Morgan fingerprint density at radius 2 is 1.55 bits per heavy atom. The first-order valence-electron chi connectivity index (χ1n) is 10.8. The SMILES string of the molecule is CCOc1c(C)c(N2CCN(c3ccc(C)cc3)CC2)c(C)c2c1OC(C)(C)C2. The Bertz CT molecular complexity index is 894. The molecule has 1 fully saturated rings. The quantitative estimate of drug-likeness (QED) is 0.724. The molecule has 2 aliphatic heterocycles. The van der Waals surface area contributed by atoms with Crippen molar-refractivity contribution in [2.75, 3.05) is 42.6 Å². The van der Waals surface area contributed by atoms with E-state index in [0.29, 0.717) is 6.61 Å². The van der Waals surface area contributed by atoms with Crippen molar-refractivity contribution in [2.24, 2.45) is 0 Å². The monoisotopic (exact) mass is 394 g/mol. The van der Waals surface area contributed by atoms with Crippen molar-refractivity contribution in [3.63, 3.8) is 0 Å². The molecule has 4 rings (SSSR count). The van der Waals surface area contributed by atoms with Gasteiger partial charge in [0.15, 0.2) is 11.5 Å². The summed E-state index contributed by atoms with van der Waals surface area (Å²) in [6.07, 6.45) is 0.935. The van der Waals surface area contributed by atoms with E-state index in [4.69, 9.17) is 9.47 Å². The van der Waals surface area contributed by atoms with Crippen LogP contribution < -0.4 is 19.3 Å². The van der Waals surface area contributed by atoms with E-state index in [0.717, 1.165) is 44.1 Å². The zero-order valence-electron chi connectivity index (χ0n) is 18.8. The molecule has 0 radical (unpaired) electrons. The maximum atomic E-state index is 6.31. The highest BCUT2D eigenvalue weighted by atomic mass is 16.5. The highest BCUT2D eigenvalue weighted by Crippen LogP contribution is 2.50. The number of fused-ring (bicyclic) bond motifs is 1. The van der Waals surface area contributed by atoms with E-state index in [1.807, 2.05) is 6.92 Å². The second-order valence-electron chi connectivity index (χ2n) is 9.02. The van der Waals surface area contributed by atoms with E-state index < -0.39 is 0 Å². The fraction of sp³-hybridized carbons (Fsp3) is 0.520. The molecule has 0 aliphatic carbocycles. The van der Waals surface area contributed by atoms with E-state index in [1.54, 1.807) is 0 Å². The summed E-state index contributed by atoms with van der Waals surface area (Å²) in [7, 11) is 0. The highest BCUT2D eigenvalue weighted by molar-refractivity contribution is 5.73. The number of benzene rings is 2. The predicted molar refractivity (Wildman–Crippen MR) is 121 cm³/mol. The summed E-state index contributed by atoms with van der Waals surface area (Å²) in [6.45, 7) is 17.7. The summed E-state index contributed by atoms with van der Waals surface area (Å²) in [4.78, 5) is 5.03. The van der Waals surface area contributed by atoms with Crippen LogP contribution in [0.15, 0.2) is 24.3 Å². The standard InChI is InChI=1S/C25H34N2O2/c1-7-28-23-19(4)22(18(3)21-16-25(5,6)29-24(21)23)27-14-12-26(13-15-27)20-10-8-17(2)9-11-20/h8-11H,7,12-16H2,1-6H3. The Hall–Kier alpha value is -2.36. The number of piperazine rings is 1. The molecule has 0 unspecified atom stereocenters. The molecule has 1 saturated heterocycles. The summed E-state index contributed by atoms with van der Waals surface area (Å²) >= 11 is 0. The zero-order chi connectivity index (χ0) is 20.8. The molecule has 4 nitrogen and oxygen atoms in total. The van der Waals surface area contributed by atoms with Gasteiger partial charge in [0.1, 0.15) is 5.60 Å². The number of ether oxygens (including phenoxy) is 2. The normalized spacial score (nSPS) is 17.9. The second-order valence-corrected chi connectivity index (χ2v) is 9.02. The van der Waals surface area contributed by atoms with E-state index >= 15 is 0 Å². The molecule has 2 aromatic rings. The lowest BCUT2D eigenvalue weighted by Gasteiger charge is -2.39. The van der Waals surface area contributed by atoms with Crippen LogP contribution in [0.3, 0.4) is 0 Å². The molecule has 0 spiro atoms. The van der Waals surface area contributed by atoms with Gasteiger partial charge in [-0.15, -0.1) is 0 Å². The molecule has 0 atom stereocenters. The Labute approximate surface area is 175 Å². The minimum absolute atomic E-state index is 0.172. The van der Waals surface area contributed by atoms with Gasteiger partial charge in [0.05, 0.1) is 6.61 Å². The van der Waals surface area contributed by atoms with Crippen LogP contribution in [0.1, 0.15) is 43.0 Å². The Morgan fingerprint density at radius 1 is 0.931 bits per heavy atom. The van der Waals surface area contributed by atoms with Crippen LogP contribution in [-0.4, -0.2) is 38.4 Å². The predicted octanol–water partition coefficient (Wildman–Crippen LogP) is 5.05. The molecular formula is C25H34N2O2. The van der Waals surface area contributed by atoms with Gasteiger partial charge in [-0.3, -0.25) is 0 Å². The number of hydrogen-bond acceptors (Lipinski definition) is 4. The highest BCUT2D eigenvalue weighted by Gasteiger charge is 2.37. The van der Waals surface area contributed by atoms with Crippen LogP contribution in [0.25, 0.3) is 0 Å². The molecule has 2 heterocycles. The van der Waals surface area contributed by atoms with Gasteiger partial charge in [-0.05, 0) is 59.2 Å². The topological polar surface area (TPSA) is 24.9 Å². The fourth-order valence-electron chi connectivity index (χ4n) is 4.80. The fourth-order valence-corrected chi connectivity index (χ4v) is 4.80. The summed E-state index contributed by atoms with van der Waals surface area (Å²) in [5.41, 5.74) is 7.69. The molecule has 4 heteroatoms. The molecule has 2 aliphatic rings. The minimum Gasteiger partial charge on any atom is -0.490 e. The van der Waals surface area contributed by atoms with Gasteiger partial charge in [-0.2, -0.15) is 0 Å². The van der Waals surface area contributed by atoms with Crippen LogP contribution in [0.5, 0.6) is 11.5 Å². The van der Waals surface area contributed by atoms with Crippen LogP contribution in [-0.2, 0) is 6.42 Å². The maximum Gasteiger partial charge on any atom is 0.166 e. The first kappa shape index (κ1) is 19.9. The third-order valence-corrected chi connectivity index (χ3v) is 6.25. The van der Waals surface area contributed by atoms with Crippen LogP contribution in [0, 0.1) is 20.8 Å². The average molecular weight is 395 g/mol. The van der Waals surface area contributed by atoms with Gasteiger partial charge in [-0.1, -0.05) is 17.7 Å². The molecular weight excluding hydrogens is 360 g/mol. The average Bonchev–Trinajstić information content (AvgIpc) is 3.02. The molecule has 29 heavy (non-hydrogen) atoms. The number of rotatable bonds is 4. The first-order valence-corrected chi connectivity index (χ1v) is 10.8. The largest absolute Gasteiger partial charge is 0.490 e. The lowest BCUT2D eigenvalue weighted by atomic mass is 9.93. The van der Waals surface area contributed by atoms with Crippen molar-refractivity contribution in [3.8, 4) is 11.5 Å². The lowest BCUT2D eigenvalue weighted by molar-refractivity contribution is 0.132. The molecule has 156 valence electrons. The van der Waals surface area contributed by atoms with Crippen molar-refractivity contribution < 1.29 is 9.47 Å². The van der Waals surface area contributed by atoms with Gasteiger partial charge in [0, 0.05) is 55.1 Å². The number of hydrogen-bond donors (Lipinski definition) is 0. The molecule has 0 bridgehead atoms. The van der Waals surface area contributed by atoms with Crippen LogP contribution >= 0.6 is 0 Å². The van der Waals surface area contributed by atoms with Crippen molar-refractivity contribution in [2.45, 2.75) is 53.6 Å². The summed E-state index contributed by atoms with van der Waals surface area (Å²) < 4.78 is 12.4. The van der Waals surface area contributed by atoms with Gasteiger partial charge < -0.3 is 19.3 Å². The summed E-state index contributed by atoms with van der Waals surface area (Å²) in [6, 6.07) is 8.88. The van der Waals surface area contributed by atoms with Crippen molar-refractivity contribution in [3.05, 3.63) is 46.5 Å². The van der Waals surface area contributed by atoms with Crippen molar-refractivity contribution in [1.82, 2.24) is 0 Å². The van der Waals surface area contributed by atoms with E-state index in [9.17, 15) is 0 Å². The lowest BCUT2D eigenvalue weighted by Crippen LogP contribution is -2.47. The van der Waals surface area contributed by atoms with Gasteiger partial charge in [-0.25, -0.2) is 0 Å². The maximum absolute atomic E-state index is 6.31. The molecule has 0 amide bonds. The van der Waals surface area contributed by atoms with Crippen LogP contribution in [0.2, 0.25) is 0 Å². The third kappa shape index (κ3) is 3.65. The summed E-state index contributed by atoms with van der Waals surface area (Å²) in [5, 5.41) is 0. The minimum atomic E-state index is -0.172. The van der Waals surface area contributed by atoms with Gasteiger partial charge >= 0.3 is 0 Å². The van der Waals surface area contributed by atoms with Crippen LogP contribution in [0.4, 0.5) is 11.4 Å². The van der Waals surface area contributed by atoms with Crippen molar-refractivity contribution >= 4 is 11.4 Å². The zero-order valence-corrected chi connectivity index (χ0v) is 18.8. The Balaban J connectivity index is 1.63. The summed E-state index contributed by atoms with van der Waals surface area (Å²) in [5.74, 6) is 1.91. The molecule has 0 saturated carbocycles. The third-order valence-electron chi connectivity index (χ3n) is 6.25. The smallest absolute Gasteiger partial charge is 0.166 e. The van der Waals surface area contributed by atoms with Crippen molar-refractivity contribution in [1.29, 1.82) is 0 Å². The molecule has 0 N–H and O–H groups in total. The first-order chi connectivity index (χ1) is 13.8. The number of anilines is 2. The van der Waals surface area contributed by atoms with E-state index in [1.165, 1.54) is 33.6 Å². The van der Waals surface area contributed by atoms with Gasteiger partial charge in [0.25, 0.3) is 0 Å². The number of nitrogens with zero attached hydrogens (tertiary/aromatic N) is 2. The Kier molecular flexibility index (Phi) is 5.14. The second kappa shape index (κ2) is 7.47. The molecule has 0 aromatic heterocycles. The van der Waals surface area contributed by atoms with E-state index in [-0.39, 0.29) is 5.60 Å². The van der Waals surface area contributed by atoms with E-state index in [2.05, 4.69) is 68.7 Å². The Morgan fingerprint density at radius 3 is 2.17 bits per heavy atom. The molecule has 2 aromatic carbocycles.